The van der Waals surface area contributed by atoms with Crippen LogP contribution in [0.15, 0.2) is 28.9 Å². The molecule has 19 heavy (non-hydrogen) atoms. The maximum Gasteiger partial charge on any atom is 0.341 e. The number of carbonyl (C=O) groups is 1. The molecule has 0 saturated heterocycles. The van der Waals surface area contributed by atoms with Gasteiger partial charge in [0.1, 0.15) is 11.3 Å². The van der Waals surface area contributed by atoms with Crippen molar-refractivity contribution in [2.24, 2.45) is 0 Å². The Morgan fingerprint density at radius 2 is 2.05 bits per heavy atom. The predicted molar refractivity (Wildman–Crippen MR) is 73.2 cm³/mol. The Labute approximate surface area is 126 Å². The van der Waals surface area contributed by atoms with Gasteiger partial charge < -0.3 is 9.84 Å². The summed E-state index contributed by atoms with van der Waals surface area (Å²) >= 11 is 15.1. The minimum atomic E-state index is -1.18. The molecule has 0 bridgehead atoms. The molecule has 1 aromatic carbocycles. The number of aromatic nitrogens is 2. The number of nitrogens with zero attached hydrogens (tertiary/aromatic N) is 2. The highest BCUT2D eigenvalue weighted by atomic mass is 79.9. The molecule has 5 nitrogen and oxygen atoms in total. The van der Waals surface area contributed by atoms with Gasteiger partial charge in [0.15, 0.2) is 0 Å². The summed E-state index contributed by atoms with van der Waals surface area (Å²) in [5.74, 6) is -1.14. The second-order valence-electron chi connectivity index (χ2n) is 3.35. The number of carboxylic acids is 1. The smallest absolute Gasteiger partial charge is 0.341 e. The molecule has 0 aliphatic rings. The molecule has 0 aliphatic heterocycles. The fourth-order valence-corrected chi connectivity index (χ4v) is 2.07. The van der Waals surface area contributed by atoms with Crippen LogP contribution in [0.1, 0.15) is 10.4 Å². The standard InChI is InChI=1S/C11H5BrCl2N2O3/c12-6-3-8(14)9(4-7(6)13)19-10-5(11(17)18)1-2-15-16-10/h1-4H,(H,17,18). The first-order chi connectivity index (χ1) is 8.99. The van der Waals surface area contributed by atoms with Crippen LogP contribution >= 0.6 is 39.1 Å². The number of hydrogen-bond acceptors (Lipinski definition) is 4. The average molecular weight is 364 g/mol. The summed E-state index contributed by atoms with van der Waals surface area (Å²) in [5.41, 5.74) is -0.120. The molecule has 98 valence electrons. The Morgan fingerprint density at radius 1 is 1.32 bits per heavy atom. The minimum Gasteiger partial charge on any atom is -0.477 e. The first-order valence-electron chi connectivity index (χ1n) is 4.86. The lowest BCUT2D eigenvalue weighted by molar-refractivity contribution is 0.0693. The second kappa shape index (κ2) is 5.73. The SMILES string of the molecule is O=C(O)c1ccnnc1Oc1cc(Cl)c(Br)cc1Cl. The van der Waals surface area contributed by atoms with Crippen LogP contribution in [0, 0.1) is 0 Å². The Hall–Kier alpha value is -1.37. The number of hydrogen-bond donors (Lipinski definition) is 1. The van der Waals surface area contributed by atoms with Crippen molar-refractivity contribution in [1.82, 2.24) is 10.2 Å². The van der Waals surface area contributed by atoms with Gasteiger partial charge in [0, 0.05) is 10.5 Å². The molecule has 0 saturated carbocycles. The average Bonchev–Trinajstić information content (AvgIpc) is 2.36. The van der Waals surface area contributed by atoms with Crippen LogP contribution in [0.2, 0.25) is 10.0 Å². The highest BCUT2D eigenvalue weighted by Crippen LogP contribution is 2.36. The van der Waals surface area contributed by atoms with Crippen molar-refractivity contribution in [3.05, 3.63) is 44.5 Å². The normalized spacial score (nSPS) is 10.3. The minimum absolute atomic E-state index is 0.120. The third-order valence-electron chi connectivity index (χ3n) is 2.10. The van der Waals surface area contributed by atoms with Crippen molar-refractivity contribution in [2.75, 3.05) is 0 Å². The van der Waals surface area contributed by atoms with E-state index in [1.807, 2.05) is 0 Å². The second-order valence-corrected chi connectivity index (χ2v) is 5.02. The summed E-state index contributed by atoms with van der Waals surface area (Å²) in [6.07, 6.45) is 1.26. The fraction of sp³-hybridized carbons (Fsp3) is 0. The number of aromatic carboxylic acids is 1. The van der Waals surface area contributed by atoms with E-state index in [4.69, 9.17) is 33.0 Å². The molecule has 1 N–H and O–H groups in total. The van der Waals surface area contributed by atoms with Gasteiger partial charge in [0.2, 0.25) is 0 Å². The molecule has 2 rings (SSSR count). The molecule has 8 heteroatoms. The number of carboxylic acid groups (broad SMARTS) is 1. The maximum absolute atomic E-state index is 11.0. The fourth-order valence-electron chi connectivity index (χ4n) is 1.24. The Kier molecular flexibility index (Phi) is 4.24. The van der Waals surface area contributed by atoms with Gasteiger partial charge in [-0.05, 0) is 28.1 Å². The van der Waals surface area contributed by atoms with E-state index in [2.05, 4.69) is 26.1 Å². The molecule has 0 unspecified atom stereocenters. The number of halogens is 3. The van der Waals surface area contributed by atoms with Crippen molar-refractivity contribution in [2.45, 2.75) is 0 Å². The van der Waals surface area contributed by atoms with E-state index in [1.165, 1.54) is 24.4 Å². The summed E-state index contributed by atoms with van der Waals surface area (Å²) in [6.45, 7) is 0. The van der Waals surface area contributed by atoms with Crippen LogP contribution in [-0.2, 0) is 0 Å². The molecule has 2 aromatic rings. The summed E-state index contributed by atoms with van der Waals surface area (Å²) in [6, 6.07) is 4.27. The molecule has 0 atom stereocenters. The van der Waals surface area contributed by atoms with Gasteiger partial charge in [0.25, 0.3) is 5.88 Å². The van der Waals surface area contributed by atoms with Crippen LogP contribution < -0.4 is 4.74 Å². The van der Waals surface area contributed by atoms with Crippen molar-refractivity contribution >= 4 is 45.1 Å². The third kappa shape index (κ3) is 3.15. The van der Waals surface area contributed by atoms with E-state index in [0.717, 1.165) is 0 Å². The van der Waals surface area contributed by atoms with E-state index in [9.17, 15) is 4.79 Å². The van der Waals surface area contributed by atoms with E-state index in [1.54, 1.807) is 0 Å². The van der Waals surface area contributed by atoms with Crippen molar-refractivity contribution < 1.29 is 14.6 Å². The van der Waals surface area contributed by atoms with Gasteiger partial charge in [0.05, 0.1) is 16.2 Å². The van der Waals surface area contributed by atoms with Gasteiger partial charge in [-0.3, -0.25) is 0 Å². The Balaban J connectivity index is 2.42. The van der Waals surface area contributed by atoms with E-state index in [0.29, 0.717) is 9.50 Å². The maximum atomic E-state index is 11.0. The van der Waals surface area contributed by atoms with Gasteiger partial charge in [-0.15, -0.1) is 5.10 Å². The molecule has 1 heterocycles. The molecule has 0 spiro atoms. The molecule has 0 radical (unpaired) electrons. The largest absolute Gasteiger partial charge is 0.477 e. The van der Waals surface area contributed by atoms with Crippen molar-refractivity contribution in [3.8, 4) is 11.6 Å². The van der Waals surface area contributed by atoms with Crippen LogP contribution in [0.3, 0.4) is 0 Å². The van der Waals surface area contributed by atoms with Gasteiger partial charge in [-0.2, -0.15) is 5.10 Å². The van der Waals surface area contributed by atoms with E-state index >= 15 is 0 Å². The predicted octanol–water partition coefficient (Wildman–Crippen LogP) is 4.04. The summed E-state index contributed by atoms with van der Waals surface area (Å²) in [4.78, 5) is 11.0. The van der Waals surface area contributed by atoms with Crippen LogP contribution in [-0.4, -0.2) is 21.3 Å². The summed E-state index contributed by atoms with van der Waals surface area (Å²) < 4.78 is 5.95. The first kappa shape index (κ1) is 14.0. The number of rotatable bonds is 3. The molecule has 0 amide bonds. The van der Waals surface area contributed by atoms with E-state index in [-0.39, 0.29) is 22.2 Å². The van der Waals surface area contributed by atoms with Crippen LogP contribution in [0.4, 0.5) is 0 Å². The molecule has 0 aliphatic carbocycles. The Bertz CT molecular complexity index is 652. The lowest BCUT2D eigenvalue weighted by atomic mass is 10.3. The van der Waals surface area contributed by atoms with Crippen LogP contribution in [0.5, 0.6) is 11.6 Å². The quantitative estimate of drug-likeness (QED) is 0.833. The molecular weight excluding hydrogens is 359 g/mol. The number of ether oxygens (including phenoxy) is 1. The highest BCUT2D eigenvalue weighted by molar-refractivity contribution is 9.10. The zero-order chi connectivity index (χ0) is 14.0. The van der Waals surface area contributed by atoms with Crippen molar-refractivity contribution in [3.63, 3.8) is 0 Å². The first-order valence-corrected chi connectivity index (χ1v) is 6.41. The summed E-state index contributed by atoms with van der Waals surface area (Å²) in [7, 11) is 0. The van der Waals surface area contributed by atoms with E-state index < -0.39 is 5.97 Å². The zero-order valence-electron chi connectivity index (χ0n) is 9.10. The Morgan fingerprint density at radius 3 is 2.74 bits per heavy atom. The lowest BCUT2D eigenvalue weighted by Crippen LogP contribution is -2.03. The van der Waals surface area contributed by atoms with Crippen molar-refractivity contribution in [1.29, 1.82) is 0 Å². The highest BCUT2D eigenvalue weighted by Gasteiger charge is 2.16. The zero-order valence-corrected chi connectivity index (χ0v) is 12.2. The monoisotopic (exact) mass is 362 g/mol. The van der Waals surface area contributed by atoms with Gasteiger partial charge >= 0.3 is 5.97 Å². The van der Waals surface area contributed by atoms with Gasteiger partial charge in [-0.1, -0.05) is 23.2 Å². The third-order valence-corrected chi connectivity index (χ3v) is 3.59. The number of benzene rings is 1. The molecule has 1 aromatic heterocycles. The van der Waals surface area contributed by atoms with Crippen LogP contribution in [0.25, 0.3) is 0 Å². The topological polar surface area (TPSA) is 72.3 Å². The molecular formula is C11H5BrCl2N2O3. The van der Waals surface area contributed by atoms with Gasteiger partial charge in [-0.25, -0.2) is 4.79 Å². The summed E-state index contributed by atoms with van der Waals surface area (Å²) in [5, 5.41) is 16.8. The molecule has 0 fully saturated rings. The lowest BCUT2D eigenvalue weighted by Gasteiger charge is -2.09.